The van der Waals surface area contributed by atoms with Gasteiger partial charge in [0.15, 0.2) is 0 Å². The second kappa shape index (κ2) is 16.9. The molecule has 58 heavy (non-hydrogen) atoms. The van der Waals surface area contributed by atoms with E-state index in [0.29, 0.717) is 0 Å². The lowest BCUT2D eigenvalue weighted by atomic mass is 9.91. The molecule has 7 aromatic carbocycles. The van der Waals surface area contributed by atoms with Gasteiger partial charge in [0.1, 0.15) is 0 Å². The van der Waals surface area contributed by atoms with Gasteiger partial charge in [0.05, 0.1) is 11.4 Å². The maximum Gasteiger partial charge on any atom is 0.0520 e. The number of aryl methyl sites for hydroxylation is 12. The Morgan fingerprint density at radius 3 is 0.983 bits per heavy atom. The fourth-order valence-corrected chi connectivity index (χ4v) is 9.66. The van der Waals surface area contributed by atoms with Gasteiger partial charge >= 0.3 is 0 Å². The molecule has 0 unspecified atom stereocenters. The second-order valence-electron chi connectivity index (χ2n) is 17.4. The van der Waals surface area contributed by atoms with Crippen molar-refractivity contribution in [3.63, 3.8) is 0 Å². The predicted octanol–water partition coefficient (Wildman–Crippen LogP) is 16.7. The van der Waals surface area contributed by atoms with Gasteiger partial charge in [-0.25, -0.2) is 0 Å². The first-order valence-corrected chi connectivity index (χ1v) is 21.7. The van der Waals surface area contributed by atoms with Crippen molar-refractivity contribution in [3.8, 4) is 0 Å². The number of anilines is 6. The molecule has 0 radical (unpaired) electrons. The molecule has 0 aliphatic heterocycles. The second-order valence-corrected chi connectivity index (χ2v) is 17.4. The highest BCUT2D eigenvalue weighted by molar-refractivity contribution is 6.12. The molecule has 0 bridgehead atoms. The number of hydrogen-bond acceptors (Lipinski definition) is 2. The van der Waals surface area contributed by atoms with Crippen LogP contribution in [-0.2, 0) is 12.8 Å². The molecule has 0 amide bonds. The fraction of sp³-hybridized carbons (Fsp3) is 0.321. The number of unbranched alkanes of at least 4 members (excludes halogenated alkanes) is 2. The van der Waals surface area contributed by atoms with Crippen molar-refractivity contribution >= 4 is 55.7 Å². The van der Waals surface area contributed by atoms with Gasteiger partial charge in [0.25, 0.3) is 0 Å². The number of fused-ring (bicyclic) bond motifs is 3. The summed E-state index contributed by atoms with van der Waals surface area (Å²) in [5, 5.41) is 5.20. The zero-order valence-electron chi connectivity index (χ0n) is 37.4. The Labute approximate surface area is 349 Å². The van der Waals surface area contributed by atoms with Gasteiger partial charge in [-0.15, -0.1) is 0 Å². The molecular formula is C56H64N2. The van der Waals surface area contributed by atoms with E-state index in [9.17, 15) is 0 Å². The molecule has 0 aliphatic carbocycles. The minimum Gasteiger partial charge on any atom is -0.310 e. The maximum atomic E-state index is 2.51. The highest BCUT2D eigenvalue weighted by atomic mass is 15.2. The summed E-state index contributed by atoms with van der Waals surface area (Å²) in [6.45, 7) is 27.2. The average molecular weight is 765 g/mol. The first kappa shape index (κ1) is 40.8. The van der Waals surface area contributed by atoms with Crippen LogP contribution in [0.15, 0.2) is 97.1 Å². The van der Waals surface area contributed by atoms with Crippen LogP contribution in [0.25, 0.3) is 21.5 Å². The van der Waals surface area contributed by atoms with Crippen LogP contribution in [0.3, 0.4) is 0 Å². The van der Waals surface area contributed by atoms with Gasteiger partial charge in [-0.05, 0) is 232 Å². The normalized spacial score (nSPS) is 11.5. The first-order valence-electron chi connectivity index (χ1n) is 21.7. The van der Waals surface area contributed by atoms with Gasteiger partial charge in [-0.2, -0.15) is 0 Å². The smallest absolute Gasteiger partial charge is 0.0520 e. The molecule has 2 heteroatoms. The van der Waals surface area contributed by atoms with Crippen LogP contribution >= 0.6 is 0 Å². The van der Waals surface area contributed by atoms with Crippen molar-refractivity contribution in [2.45, 2.75) is 122 Å². The van der Waals surface area contributed by atoms with E-state index in [1.807, 2.05) is 0 Å². The lowest BCUT2D eigenvalue weighted by Gasteiger charge is -2.31. The van der Waals surface area contributed by atoms with E-state index in [0.717, 1.165) is 12.8 Å². The third-order valence-electron chi connectivity index (χ3n) is 12.3. The third kappa shape index (κ3) is 8.04. The van der Waals surface area contributed by atoms with E-state index < -0.39 is 0 Å². The van der Waals surface area contributed by atoms with Crippen LogP contribution in [0.4, 0.5) is 34.1 Å². The molecule has 0 spiro atoms. The lowest BCUT2D eigenvalue weighted by Crippen LogP contribution is -2.14. The monoisotopic (exact) mass is 765 g/mol. The number of rotatable bonds is 12. The van der Waals surface area contributed by atoms with Gasteiger partial charge in [-0.3, -0.25) is 0 Å². The Kier molecular flexibility index (Phi) is 11.9. The molecule has 7 rings (SSSR count). The van der Waals surface area contributed by atoms with Crippen molar-refractivity contribution in [2.75, 3.05) is 9.80 Å². The quantitative estimate of drug-likeness (QED) is 0.114. The van der Waals surface area contributed by atoms with Crippen LogP contribution in [0, 0.1) is 69.2 Å². The molecule has 298 valence electrons. The molecule has 0 aliphatic rings. The minimum atomic E-state index is 1.12. The summed E-state index contributed by atoms with van der Waals surface area (Å²) in [6, 6.07) is 37.9. The summed E-state index contributed by atoms with van der Waals surface area (Å²) in [7, 11) is 0. The molecule has 7 aromatic rings. The highest BCUT2D eigenvalue weighted by Gasteiger charge is 2.23. The Hall–Kier alpha value is -5.34. The van der Waals surface area contributed by atoms with E-state index in [-0.39, 0.29) is 0 Å². The SMILES string of the molecule is CCCCc1cc(C)c(N(c2cc(C)cc(C)c2)c2ccc3c(c2)c(C)c(C)c2cc(N(c4cc(C)cc(C)c4)c4c(C)cc(CCCC)cc4C)ccc23)c(C)c1. The Balaban J connectivity index is 1.41. The zero-order valence-corrected chi connectivity index (χ0v) is 37.4. The molecule has 0 fully saturated rings. The molecule has 0 N–H and O–H groups in total. The van der Waals surface area contributed by atoms with E-state index in [2.05, 4.69) is 190 Å². The molecule has 0 aromatic heterocycles. The first-order chi connectivity index (χ1) is 27.8. The molecule has 0 saturated carbocycles. The molecular weight excluding hydrogens is 701 g/mol. The summed E-state index contributed by atoms with van der Waals surface area (Å²) in [5.74, 6) is 0. The van der Waals surface area contributed by atoms with E-state index in [4.69, 9.17) is 0 Å². The summed E-state index contributed by atoms with van der Waals surface area (Å²) in [5.41, 5.74) is 23.3. The van der Waals surface area contributed by atoms with Crippen molar-refractivity contribution in [3.05, 3.63) is 164 Å². The van der Waals surface area contributed by atoms with Gasteiger partial charge in [-0.1, -0.05) is 75.2 Å². The van der Waals surface area contributed by atoms with Crippen LogP contribution < -0.4 is 9.80 Å². The number of benzene rings is 7. The molecule has 0 heterocycles. The Bertz CT molecular complexity index is 2390. The maximum absolute atomic E-state index is 2.51. The third-order valence-corrected chi connectivity index (χ3v) is 12.3. The lowest BCUT2D eigenvalue weighted by molar-refractivity contribution is 0.794. The topological polar surface area (TPSA) is 6.48 Å². The summed E-state index contributed by atoms with van der Waals surface area (Å²) in [6.07, 6.45) is 7.09. The van der Waals surface area contributed by atoms with Crippen LogP contribution in [0.2, 0.25) is 0 Å². The molecule has 2 nitrogen and oxygen atoms in total. The summed E-state index contributed by atoms with van der Waals surface area (Å²) < 4.78 is 0. The van der Waals surface area contributed by atoms with Gasteiger partial charge in [0.2, 0.25) is 0 Å². The number of nitrogens with zero attached hydrogens (tertiary/aromatic N) is 2. The van der Waals surface area contributed by atoms with E-state index in [1.54, 1.807) is 0 Å². The summed E-state index contributed by atoms with van der Waals surface area (Å²) >= 11 is 0. The van der Waals surface area contributed by atoms with Gasteiger partial charge < -0.3 is 9.80 Å². The van der Waals surface area contributed by atoms with Crippen molar-refractivity contribution in [1.82, 2.24) is 0 Å². The van der Waals surface area contributed by atoms with Crippen LogP contribution in [0.1, 0.15) is 106 Å². The van der Waals surface area contributed by atoms with Gasteiger partial charge in [0, 0.05) is 22.7 Å². The Morgan fingerprint density at radius 2 is 0.672 bits per heavy atom. The minimum absolute atomic E-state index is 1.12. The van der Waals surface area contributed by atoms with Crippen LogP contribution in [-0.4, -0.2) is 0 Å². The predicted molar refractivity (Wildman–Crippen MR) is 255 cm³/mol. The van der Waals surface area contributed by atoms with E-state index >= 15 is 0 Å². The van der Waals surface area contributed by atoms with Crippen LogP contribution in [0.5, 0.6) is 0 Å². The zero-order chi connectivity index (χ0) is 41.4. The highest BCUT2D eigenvalue weighted by Crippen LogP contribution is 2.45. The molecule has 0 atom stereocenters. The van der Waals surface area contributed by atoms with E-state index in [1.165, 1.54) is 148 Å². The van der Waals surface area contributed by atoms with Crippen molar-refractivity contribution < 1.29 is 0 Å². The van der Waals surface area contributed by atoms with Crippen molar-refractivity contribution in [1.29, 1.82) is 0 Å². The standard InChI is InChI=1S/C56H64N2/c1-13-15-17-45-29-39(7)55(40(8)30-45)57(49-25-35(3)23-36(4)26-49)47-19-21-51-52-22-20-48(34-54(52)44(12)43(11)53(51)33-47)58(50-27-37(5)24-38(6)28-50)56-41(9)31-46(18-16-14-2)32-42(56)10/h19-34H,13-18H2,1-12H3. The largest absolute Gasteiger partial charge is 0.310 e. The Morgan fingerprint density at radius 1 is 0.345 bits per heavy atom. The summed E-state index contributed by atoms with van der Waals surface area (Å²) in [4.78, 5) is 5.02. The average Bonchev–Trinajstić information content (AvgIpc) is 3.17. The fourth-order valence-electron chi connectivity index (χ4n) is 9.66. The number of hydrogen-bond donors (Lipinski definition) is 0. The molecule has 0 saturated heterocycles. The van der Waals surface area contributed by atoms with Crippen molar-refractivity contribution in [2.24, 2.45) is 0 Å².